The Morgan fingerprint density at radius 2 is 2.19 bits per heavy atom. The Balaban J connectivity index is 2.53. The summed E-state index contributed by atoms with van der Waals surface area (Å²) < 4.78 is 5.25. The Kier molecular flexibility index (Phi) is 4.07. The minimum absolute atomic E-state index is 0.126. The highest BCUT2D eigenvalue weighted by Crippen LogP contribution is 2.16. The second kappa shape index (κ2) is 5.12. The van der Waals surface area contributed by atoms with Crippen LogP contribution in [0.2, 0.25) is 0 Å². The Hall–Kier alpha value is -1.35. The molecule has 0 saturated carbocycles. The van der Waals surface area contributed by atoms with Crippen LogP contribution in [0.4, 0.5) is 4.79 Å². The summed E-state index contributed by atoms with van der Waals surface area (Å²) in [6.07, 6.45) is 2.88. The molecular formula is C11H18N2O3. The molecule has 0 N–H and O–H groups in total. The highest BCUT2D eigenvalue weighted by molar-refractivity contribution is 5.68. The molecule has 0 bridgehead atoms. The number of hydrogen-bond acceptors (Lipinski definition) is 4. The molecule has 0 radical (unpaired) electrons. The maximum atomic E-state index is 11.7. The molecule has 0 spiro atoms. The molecule has 90 valence electrons. The van der Waals surface area contributed by atoms with Gasteiger partial charge in [0.15, 0.2) is 0 Å². The second-order valence-corrected chi connectivity index (χ2v) is 4.94. The van der Waals surface area contributed by atoms with Crippen molar-refractivity contribution in [2.75, 3.05) is 13.1 Å². The van der Waals surface area contributed by atoms with E-state index in [4.69, 9.17) is 4.74 Å². The van der Waals surface area contributed by atoms with E-state index in [0.29, 0.717) is 13.1 Å². The zero-order valence-electron chi connectivity index (χ0n) is 10.0. The van der Waals surface area contributed by atoms with Gasteiger partial charge in [-0.1, -0.05) is 0 Å². The van der Waals surface area contributed by atoms with Crippen LogP contribution in [-0.4, -0.2) is 41.8 Å². The van der Waals surface area contributed by atoms with Crippen molar-refractivity contribution in [1.82, 2.24) is 4.90 Å². The smallest absolute Gasteiger partial charge is 0.410 e. The molecule has 1 atom stereocenters. The summed E-state index contributed by atoms with van der Waals surface area (Å²) in [6.45, 7) is 6.60. The van der Waals surface area contributed by atoms with E-state index in [1.807, 2.05) is 20.8 Å². The van der Waals surface area contributed by atoms with Gasteiger partial charge in [0.2, 0.25) is 6.08 Å². The first-order chi connectivity index (χ1) is 7.42. The molecule has 1 heterocycles. The first kappa shape index (κ1) is 12.7. The van der Waals surface area contributed by atoms with E-state index >= 15 is 0 Å². The topological polar surface area (TPSA) is 59.0 Å². The lowest BCUT2D eigenvalue weighted by Crippen LogP contribution is -2.44. The van der Waals surface area contributed by atoms with Gasteiger partial charge < -0.3 is 9.64 Å². The molecule has 1 amide bonds. The fourth-order valence-corrected chi connectivity index (χ4v) is 1.63. The number of carbonyl (C=O) groups is 1. The summed E-state index contributed by atoms with van der Waals surface area (Å²) >= 11 is 0. The van der Waals surface area contributed by atoms with Crippen LogP contribution in [0.1, 0.15) is 33.6 Å². The van der Waals surface area contributed by atoms with Crippen LogP contribution < -0.4 is 0 Å². The van der Waals surface area contributed by atoms with Gasteiger partial charge in [0, 0.05) is 13.1 Å². The van der Waals surface area contributed by atoms with E-state index in [2.05, 4.69) is 4.99 Å². The lowest BCUT2D eigenvalue weighted by Gasteiger charge is -2.32. The Bertz CT molecular complexity index is 303. The van der Waals surface area contributed by atoms with Gasteiger partial charge in [-0.3, -0.25) is 0 Å². The van der Waals surface area contributed by atoms with Crippen molar-refractivity contribution >= 4 is 12.2 Å². The van der Waals surface area contributed by atoms with Crippen molar-refractivity contribution in [3.63, 3.8) is 0 Å². The first-order valence-corrected chi connectivity index (χ1v) is 5.47. The van der Waals surface area contributed by atoms with E-state index < -0.39 is 5.60 Å². The minimum atomic E-state index is -0.488. The van der Waals surface area contributed by atoms with Crippen LogP contribution in [0.25, 0.3) is 0 Å². The van der Waals surface area contributed by atoms with E-state index in [0.717, 1.165) is 12.8 Å². The molecule has 1 unspecified atom stereocenters. The van der Waals surface area contributed by atoms with Gasteiger partial charge in [-0.25, -0.2) is 14.6 Å². The summed E-state index contributed by atoms with van der Waals surface area (Å²) in [5.41, 5.74) is -0.488. The number of nitrogens with zero attached hydrogens (tertiary/aromatic N) is 2. The van der Waals surface area contributed by atoms with Crippen molar-refractivity contribution in [3.05, 3.63) is 0 Å². The van der Waals surface area contributed by atoms with Crippen LogP contribution in [0.3, 0.4) is 0 Å². The van der Waals surface area contributed by atoms with E-state index in [-0.39, 0.29) is 12.1 Å². The average molecular weight is 226 g/mol. The normalized spacial score (nSPS) is 21.2. The molecule has 5 nitrogen and oxygen atoms in total. The Labute approximate surface area is 95.5 Å². The summed E-state index contributed by atoms with van der Waals surface area (Å²) in [5, 5.41) is 0. The van der Waals surface area contributed by atoms with Gasteiger partial charge in [0.25, 0.3) is 0 Å². The zero-order valence-corrected chi connectivity index (χ0v) is 10.0. The van der Waals surface area contributed by atoms with Crippen molar-refractivity contribution in [2.45, 2.75) is 45.3 Å². The van der Waals surface area contributed by atoms with Gasteiger partial charge >= 0.3 is 6.09 Å². The Morgan fingerprint density at radius 1 is 1.50 bits per heavy atom. The number of hydrogen-bond donors (Lipinski definition) is 0. The minimum Gasteiger partial charge on any atom is -0.444 e. The number of ether oxygens (including phenoxy) is 1. The summed E-state index contributed by atoms with van der Waals surface area (Å²) in [7, 11) is 0. The number of rotatable bonds is 1. The summed E-state index contributed by atoms with van der Waals surface area (Å²) in [5.74, 6) is 0. The molecule has 1 aliphatic heterocycles. The number of aliphatic imine (C=N–C) groups is 1. The molecule has 0 aromatic heterocycles. The maximum Gasteiger partial charge on any atom is 0.410 e. The van der Waals surface area contributed by atoms with E-state index in [1.165, 1.54) is 0 Å². The number of likely N-dealkylation sites (tertiary alicyclic amines) is 1. The molecule has 1 aliphatic rings. The van der Waals surface area contributed by atoms with Crippen molar-refractivity contribution in [1.29, 1.82) is 0 Å². The molecule has 0 aromatic rings. The monoisotopic (exact) mass is 226 g/mol. The molecule has 5 heteroatoms. The third-order valence-corrected chi connectivity index (χ3v) is 2.28. The fraction of sp³-hybridized carbons (Fsp3) is 0.818. The molecule has 1 fully saturated rings. The number of piperidine rings is 1. The van der Waals surface area contributed by atoms with Crippen LogP contribution in [-0.2, 0) is 9.53 Å². The molecule has 0 aromatic carbocycles. The predicted molar refractivity (Wildman–Crippen MR) is 59.0 cm³/mol. The lowest BCUT2D eigenvalue weighted by atomic mass is 10.1. The third-order valence-electron chi connectivity index (χ3n) is 2.28. The van der Waals surface area contributed by atoms with E-state index in [9.17, 15) is 9.59 Å². The maximum absolute atomic E-state index is 11.7. The number of isocyanates is 1. The van der Waals surface area contributed by atoms with Gasteiger partial charge in [0.1, 0.15) is 5.60 Å². The molecule has 16 heavy (non-hydrogen) atoms. The zero-order chi connectivity index (χ0) is 12.2. The van der Waals surface area contributed by atoms with Gasteiger partial charge in [-0.2, -0.15) is 0 Å². The SMILES string of the molecule is CC(C)(C)OC(=O)N1CCCC(N=C=O)C1. The van der Waals surface area contributed by atoms with Gasteiger partial charge in [-0.15, -0.1) is 0 Å². The number of carbonyl (C=O) groups excluding carboxylic acids is 2. The molecule has 0 aliphatic carbocycles. The van der Waals surface area contributed by atoms with Crippen molar-refractivity contribution < 1.29 is 14.3 Å². The Morgan fingerprint density at radius 3 is 2.75 bits per heavy atom. The van der Waals surface area contributed by atoms with Crippen LogP contribution in [0.5, 0.6) is 0 Å². The highest BCUT2D eigenvalue weighted by atomic mass is 16.6. The summed E-state index contributed by atoms with van der Waals surface area (Å²) in [6, 6.07) is -0.126. The first-order valence-electron chi connectivity index (χ1n) is 5.47. The highest BCUT2D eigenvalue weighted by Gasteiger charge is 2.27. The third kappa shape index (κ3) is 4.03. The molecular weight excluding hydrogens is 208 g/mol. The van der Waals surface area contributed by atoms with E-state index in [1.54, 1.807) is 11.0 Å². The predicted octanol–water partition coefficient (Wildman–Crippen LogP) is 1.72. The standard InChI is InChI=1S/C11H18N2O3/c1-11(2,3)16-10(15)13-6-4-5-9(7-13)12-8-14/h9H,4-7H2,1-3H3. The quantitative estimate of drug-likeness (QED) is 0.505. The second-order valence-electron chi connectivity index (χ2n) is 4.94. The molecule has 1 rings (SSSR count). The lowest BCUT2D eigenvalue weighted by molar-refractivity contribution is 0.0201. The van der Waals surface area contributed by atoms with Crippen LogP contribution >= 0.6 is 0 Å². The average Bonchev–Trinajstić information content (AvgIpc) is 2.16. The van der Waals surface area contributed by atoms with Gasteiger partial charge in [-0.05, 0) is 33.6 Å². The molecule has 1 saturated heterocycles. The summed E-state index contributed by atoms with van der Waals surface area (Å²) in [4.78, 5) is 27.1. The van der Waals surface area contributed by atoms with Crippen LogP contribution in [0.15, 0.2) is 4.99 Å². The van der Waals surface area contributed by atoms with Crippen LogP contribution in [0, 0.1) is 0 Å². The number of amides is 1. The van der Waals surface area contributed by atoms with Gasteiger partial charge in [0.05, 0.1) is 6.04 Å². The largest absolute Gasteiger partial charge is 0.444 e. The van der Waals surface area contributed by atoms with Crippen molar-refractivity contribution in [3.8, 4) is 0 Å². The van der Waals surface area contributed by atoms with Crippen molar-refractivity contribution in [2.24, 2.45) is 4.99 Å². The fourth-order valence-electron chi connectivity index (χ4n) is 1.63.